The Bertz CT molecular complexity index is 373. The SMILES string of the molecule is NC(=O)C(N)COc1ccc(F)cc1Br. The molecule has 0 fully saturated rings. The van der Waals surface area contributed by atoms with Crippen LogP contribution in [0.1, 0.15) is 0 Å². The smallest absolute Gasteiger partial charge is 0.237 e. The Morgan fingerprint density at radius 2 is 2.27 bits per heavy atom. The highest BCUT2D eigenvalue weighted by atomic mass is 79.9. The molecule has 1 atom stereocenters. The molecule has 15 heavy (non-hydrogen) atoms. The van der Waals surface area contributed by atoms with E-state index in [-0.39, 0.29) is 12.4 Å². The average molecular weight is 277 g/mol. The molecule has 0 saturated carbocycles. The van der Waals surface area contributed by atoms with E-state index in [1.54, 1.807) is 0 Å². The van der Waals surface area contributed by atoms with Crippen LogP contribution in [0.3, 0.4) is 0 Å². The van der Waals surface area contributed by atoms with E-state index in [1.807, 2.05) is 0 Å². The highest BCUT2D eigenvalue weighted by Gasteiger charge is 2.11. The number of hydrogen-bond donors (Lipinski definition) is 2. The Balaban J connectivity index is 2.62. The molecule has 0 aliphatic carbocycles. The van der Waals surface area contributed by atoms with Gasteiger partial charge >= 0.3 is 0 Å². The molecule has 0 spiro atoms. The third kappa shape index (κ3) is 3.49. The van der Waals surface area contributed by atoms with Gasteiger partial charge in [-0.15, -0.1) is 0 Å². The minimum absolute atomic E-state index is 0.0421. The zero-order valence-electron chi connectivity index (χ0n) is 7.74. The monoisotopic (exact) mass is 276 g/mol. The normalized spacial score (nSPS) is 12.2. The Labute approximate surface area is 94.5 Å². The minimum Gasteiger partial charge on any atom is -0.490 e. The van der Waals surface area contributed by atoms with E-state index in [9.17, 15) is 9.18 Å². The number of amides is 1. The summed E-state index contributed by atoms with van der Waals surface area (Å²) in [5, 5.41) is 0. The van der Waals surface area contributed by atoms with Crippen LogP contribution in [-0.2, 0) is 4.79 Å². The zero-order chi connectivity index (χ0) is 11.4. The fourth-order valence-electron chi connectivity index (χ4n) is 0.854. The van der Waals surface area contributed by atoms with Gasteiger partial charge in [0.1, 0.15) is 24.2 Å². The largest absolute Gasteiger partial charge is 0.490 e. The van der Waals surface area contributed by atoms with E-state index in [4.69, 9.17) is 16.2 Å². The van der Waals surface area contributed by atoms with Gasteiger partial charge in [0.25, 0.3) is 0 Å². The molecular weight excluding hydrogens is 267 g/mol. The number of ether oxygens (including phenoxy) is 1. The van der Waals surface area contributed by atoms with Crippen LogP contribution >= 0.6 is 15.9 Å². The number of nitrogens with two attached hydrogens (primary N) is 2. The number of benzene rings is 1. The Morgan fingerprint density at radius 1 is 1.60 bits per heavy atom. The lowest BCUT2D eigenvalue weighted by Crippen LogP contribution is -2.41. The van der Waals surface area contributed by atoms with Gasteiger partial charge in [0.15, 0.2) is 0 Å². The van der Waals surface area contributed by atoms with Crippen molar-refractivity contribution in [3.05, 3.63) is 28.5 Å². The quantitative estimate of drug-likeness (QED) is 0.853. The topological polar surface area (TPSA) is 78.3 Å². The van der Waals surface area contributed by atoms with Crippen LogP contribution in [0.5, 0.6) is 5.75 Å². The zero-order valence-corrected chi connectivity index (χ0v) is 9.33. The summed E-state index contributed by atoms with van der Waals surface area (Å²) in [6.07, 6.45) is 0. The molecule has 0 heterocycles. The van der Waals surface area contributed by atoms with Crippen LogP contribution in [0.15, 0.2) is 22.7 Å². The molecule has 82 valence electrons. The molecule has 4 N–H and O–H groups in total. The van der Waals surface area contributed by atoms with Crippen LogP contribution in [-0.4, -0.2) is 18.6 Å². The van der Waals surface area contributed by atoms with E-state index in [2.05, 4.69) is 15.9 Å². The molecule has 0 aromatic heterocycles. The summed E-state index contributed by atoms with van der Waals surface area (Å²) in [4.78, 5) is 10.6. The molecule has 6 heteroatoms. The lowest BCUT2D eigenvalue weighted by Gasteiger charge is -2.11. The van der Waals surface area contributed by atoms with Crippen molar-refractivity contribution >= 4 is 21.8 Å². The van der Waals surface area contributed by atoms with Crippen LogP contribution in [0.4, 0.5) is 4.39 Å². The predicted octanol–water partition coefficient (Wildman–Crippen LogP) is 0.780. The van der Waals surface area contributed by atoms with Crippen LogP contribution in [0.2, 0.25) is 0 Å². The van der Waals surface area contributed by atoms with E-state index in [0.717, 1.165) is 0 Å². The molecule has 1 aromatic carbocycles. The summed E-state index contributed by atoms with van der Waals surface area (Å²) in [7, 11) is 0. The predicted molar refractivity (Wildman–Crippen MR) is 56.8 cm³/mol. The van der Waals surface area contributed by atoms with Crippen molar-refractivity contribution in [2.45, 2.75) is 6.04 Å². The van der Waals surface area contributed by atoms with Crippen LogP contribution in [0, 0.1) is 5.82 Å². The molecule has 0 aliphatic rings. The van der Waals surface area contributed by atoms with Gasteiger partial charge in [0, 0.05) is 0 Å². The first-order valence-corrected chi connectivity index (χ1v) is 4.92. The van der Waals surface area contributed by atoms with Gasteiger partial charge < -0.3 is 16.2 Å². The first kappa shape index (κ1) is 11.9. The fraction of sp³-hybridized carbons (Fsp3) is 0.222. The van der Waals surface area contributed by atoms with Crippen molar-refractivity contribution in [2.24, 2.45) is 11.5 Å². The van der Waals surface area contributed by atoms with Crippen molar-refractivity contribution in [3.63, 3.8) is 0 Å². The lowest BCUT2D eigenvalue weighted by molar-refractivity contribution is -0.119. The van der Waals surface area contributed by atoms with Gasteiger partial charge in [0.05, 0.1) is 4.47 Å². The number of halogens is 2. The molecule has 0 bridgehead atoms. The highest BCUT2D eigenvalue weighted by molar-refractivity contribution is 9.10. The van der Waals surface area contributed by atoms with E-state index < -0.39 is 11.9 Å². The van der Waals surface area contributed by atoms with E-state index in [1.165, 1.54) is 18.2 Å². The molecule has 1 amide bonds. The minimum atomic E-state index is -0.873. The number of hydrogen-bond acceptors (Lipinski definition) is 3. The molecule has 0 aliphatic heterocycles. The van der Waals surface area contributed by atoms with Crippen LogP contribution in [0.25, 0.3) is 0 Å². The average Bonchev–Trinajstić information content (AvgIpc) is 2.15. The van der Waals surface area contributed by atoms with Crippen molar-refractivity contribution in [3.8, 4) is 5.75 Å². The standard InChI is InChI=1S/C9H10BrFN2O2/c10-6-3-5(11)1-2-8(6)15-4-7(12)9(13)14/h1-3,7H,4,12H2,(H2,13,14). The second-order valence-corrected chi connectivity index (χ2v) is 3.75. The van der Waals surface area contributed by atoms with Gasteiger partial charge in [-0.25, -0.2) is 4.39 Å². The summed E-state index contributed by atoms with van der Waals surface area (Å²) in [5.41, 5.74) is 10.3. The number of carbonyl (C=O) groups excluding carboxylic acids is 1. The summed E-state index contributed by atoms with van der Waals surface area (Å²) >= 11 is 3.11. The lowest BCUT2D eigenvalue weighted by atomic mass is 10.3. The maximum atomic E-state index is 12.7. The third-order valence-corrected chi connectivity index (χ3v) is 2.30. The molecule has 4 nitrogen and oxygen atoms in total. The molecule has 1 rings (SSSR count). The summed E-state index contributed by atoms with van der Waals surface area (Å²) < 4.78 is 18.3. The van der Waals surface area contributed by atoms with Crippen LogP contribution < -0.4 is 16.2 Å². The second-order valence-electron chi connectivity index (χ2n) is 2.89. The van der Waals surface area contributed by atoms with Crippen molar-refractivity contribution in [1.29, 1.82) is 0 Å². The Hall–Kier alpha value is -1.14. The molecule has 0 saturated heterocycles. The fourth-order valence-corrected chi connectivity index (χ4v) is 1.32. The van der Waals surface area contributed by atoms with Gasteiger partial charge in [0.2, 0.25) is 5.91 Å². The summed E-state index contributed by atoms with van der Waals surface area (Å²) in [6.45, 7) is -0.0421. The van der Waals surface area contributed by atoms with Crippen molar-refractivity contribution < 1.29 is 13.9 Å². The van der Waals surface area contributed by atoms with Gasteiger partial charge in [-0.2, -0.15) is 0 Å². The Morgan fingerprint density at radius 3 is 2.80 bits per heavy atom. The first-order valence-electron chi connectivity index (χ1n) is 4.13. The first-order chi connectivity index (χ1) is 7.00. The van der Waals surface area contributed by atoms with Crippen molar-refractivity contribution in [1.82, 2.24) is 0 Å². The third-order valence-electron chi connectivity index (χ3n) is 1.68. The van der Waals surface area contributed by atoms with Gasteiger partial charge in [-0.3, -0.25) is 4.79 Å². The number of primary amides is 1. The van der Waals surface area contributed by atoms with E-state index >= 15 is 0 Å². The summed E-state index contributed by atoms with van der Waals surface area (Å²) in [5.74, 6) is -0.616. The molecule has 0 radical (unpaired) electrons. The summed E-state index contributed by atoms with van der Waals surface area (Å²) in [6, 6.07) is 3.07. The molecule has 1 unspecified atom stereocenters. The van der Waals surface area contributed by atoms with Crippen molar-refractivity contribution in [2.75, 3.05) is 6.61 Å². The number of rotatable bonds is 4. The Kier molecular flexibility index (Phi) is 4.05. The van der Waals surface area contributed by atoms with E-state index in [0.29, 0.717) is 10.2 Å². The molecular formula is C9H10BrFN2O2. The maximum absolute atomic E-state index is 12.7. The highest BCUT2D eigenvalue weighted by Crippen LogP contribution is 2.25. The number of carbonyl (C=O) groups is 1. The van der Waals surface area contributed by atoms with Gasteiger partial charge in [-0.05, 0) is 34.1 Å². The van der Waals surface area contributed by atoms with Gasteiger partial charge in [-0.1, -0.05) is 0 Å². The maximum Gasteiger partial charge on any atom is 0.237 e. The second kappa shape index (κ2) is 5.09. The molecule has 1 aromatic rings.